The van der Waals surface area contributed by atoms with E-state index in [1.807, 2.05) is 24.3 Å². The van der Waals surface area contributed by atoms with Crippen LogP contribution in [0.3, 0.4) is 0 Å². The second-order valence-corrected chi connectivity index (χ2v) is 5.40. The van der Waals surface area contributed by atoms with Gasteiger partial charge >= 0.3 is 0 Å². The SMILES string of the molecule is CC(CN1CCCC1)NC(=O)Cc1cccc(N)c1. The smallest absolute Gasteiger partial charge is 0.224 e. The summed E-state index contributed by atoms with van der Waals surface area (Å²) in [6.45, 7) is 5.34. The second kappa shape index (κ2) is 6.57. The number of nitrogen functional groups attached to an aromatic ring is 1. The van der Waals surface area contributed by atoms with E-state index in [4.69, 9.17) is 5.73 Å². The first kappa shape index (κ1) is 13.9. The van der Waals surface area contributed by atoms with Crippen LogP contribution in [0, 0.1) is 0 Å². The highest BCUT2D eigenvalue weighted by Crippen LogP contribution is 2.09. The van der Waals surface area contributed by atoms with Crippen molar-refractivity contribution < 1.29 is 4.79 Å². The number of likely N-dealkylation sites (tertiary alicyclic amines) is 1. The van der Waals surface area contributed by atoms with Gasteiger partial charge in [0.25, 0.3) is 0 Å². The molecule has 4 nitrogen and oxygen atoms in total. The van der Waals surface area contributed by atoms with Crippen LogP contribution < -0.4 is 11.1 Å². The fraction of sp³-hybridized carbons (Fsp3) is 0.533. The van der Waals surface area contributed by atoms with Gasteiger partial charge in [-0.15, -0.1) is 0 Å². The summed E-state index contributed by atoms with van der Waals surface area (Å²) in [5.41, 5.74) is 7.37. The maximum Gasteiger partial charge on any atom is 0.224 e. The van der Waals surface area contributed by atoms with E-state index in [0.29, 0.717) is 12.1 Å². The Bertz CT molecular complexity index is 427. The van der Waals surface area contributed by atoms with Crippen LogP contribution in [-0.4, -0.2) is 36.5 Å². The summed E-state index contributed by atoms with van der Waals surface area (Å²) in [7, 11) is 0. The van der Waals surface area contributed by atoms with Gasteiger partial charge in [-0.25, -0.2) is 0 Å². The minimum atomic E-state index is 0.0669. The monoisotopic (exact) mass is 261 g/mol. The first-order chi connectivity index (χ1) is 9.13. The van der Waals surface area contributed by atoms with Gasteiger partial charge in [0.1, 0.15) is 0 Å². The van der Waals surface area contributed by atoms with Crippen molar-refractivity contribution >= 4 is 11.6 Å². The van der Waals surface area contributed by atoms with E-state index in [9.17, 15) is 4.79 Å². The van der Waals surface area contributed by atoms with E-state index < -0.39 is 0 Å². The van der Waals surface area contributed by atoms with Crippen molar-refractivity contribution in [2.45, 2.75) is 32.2 Å². The van der Waals surface area contributed by atoms with Gasteiger partial charge in [0.05, 0.1) is 6.42 Å². The van der Waals surface area contributed by atoms with Crippen molar-refractivity contribution in [3.8, 4) is 0 Å². The number of nitrogens with one attached hydrogen (secondary N) is 1. The zero-order valence-electron chi connectivity index (χ0n) is 11.6. The predicted molar refractivity (Wildman–Crippen MR) is 77.8 cm³/mol. The number of hydrogen-bond acceptors (Lipinski definition) is 3. The number of rotatable bonds is 5. The molecule has 0 radical (unpaired) electrons. The lowest BCUT2D eigenvalue weighted by atomic mass is 10.1. The third kappa shape index (κ3) is 4.56. The highest BCUT2D eigenvalue weighted by atomic mass is 16.1. The molecule has 1 heterocycles. The van der Waals surface area contributed by atoms with E-state index in [2.05, 4.69) is 17.1 Å². The van der Waals surface area contributed by atoms with Crippen LogP contribution in [0.25, 0.3) is 0 Å². The van der Waals surface area contributed by atoms with Gasteiger partial charge in [0.2, 0.25) is 5.91 Å². The summed E-state index contributed by atoms with van der Waals surface area (Å²) >= 11 is 0. The summed E-state index contributed by atoms with van der Waals surface area (Å²) < 4.78 is 0. The number of carbonyl (C=O) groups excluding carboxylic acids is 1. The van der Waals surface area contributed by atoms with Crippen molar-refractivity contribution in [1.82, 2.24) is 10.2 Å². The highest BCUT2D eigenvalue weighted by molar-refractivity contribution is 5.79. The molecule has 1 saturated heterocycles. The first-order valence-corrected chi connectivity index (χ1v) is 6.99. The average Bonchev–Trinajstić information content (AvgIpc) is 2.81. The topological polar surface area (TPSA) is 58.4 Å². The van der Waals surface area contributed by atoms with Crippen molar-refractivity contribution in [2.75, 3.05) is 25.4 Å². The van der Waals surface area contributed by atoms with Crippen LogP contribution in [0.1, 0.15) is 25.3 Å². The molecule has 2 rings (SSSR count). The maximum atomic E-state index is 11.9. The molecule has 0 spiro atoms. The molecule has 3 N–H and O–H groups in total. The van der Waals surface area contributed by atoms with Crippen LogP contribution >= 0.6 is 0 Å². The third-order valence-corrected chi connectivity index (χ3v) is 3.45. The van der Waals surface area contributed by atoms with Gasteiger partial charge in [-0.3, -0.25) is 4.79 Å². The Balaban J connectivity index is 1.77. The van der Waals surface area contributed by atoms with Gasteiger partial charge in [-0.2, -0.15) is 0 Å². The summed E-state index contributed by atoms with van der Waals surface area (Å²) in [6, 6.07) is 7.70. The lowest BCUT2D eigenvalue weighted by Crippen LogP contribution is -2.41. The molecule has 0 aliphatic carbocycles. The van der Waals surface area contributed by atoms with Gasteiger partial charge in [0, 0.05) is 18.3 Å². The molecule has 1 aliphatic rings. The van der Waals surface area contributed by atoms with Gasteiger partial charge < -0.3 is 16.0 Å². The van der Waals surface area contributed by atoms with Crippen LogP contribution in [0.4, 0.5) is 5.69 Å². The number of hydrogen-bond donors (Lipinski definition) is 2. The maximum absolute atomic E-state index is 11.9. The van der Waals surface area contributed by atoms with Crippen LogP contribution in [-0.2, 0) is 11.2 Å². The molecular weight excluding hydrogens is 238 g/mol. The fourth-order valence-corrected chi connectivity index (χ4v) is 2.61. The summed E-state index contributed by atoms with van der Waals surface area (Å²) in [5, 5.41) is 3.05. The molecule has 1 fully saturated rings. The molecule has 0 aromatic heterocycles. The number of carbonyl (C=O) groups is 1. The molecule has 104 valence electrons. The van der Waals surface area contributed by atoms with Crippen LogP contribution in [0.2, 0.25) is 0 Å². The van der Waals surface area contributed by atoms with Crippen LogP contribution in [0.15, 0.2) is 24.3 Å². The molecule has 1 aromatic carbocycles. The standard InChI is InChI=1S/C15H23N3O/c1-12(11-18-7-2-3-8-18)17-15(19)10-13-5-4-6-14(16)9-13/h4-6,9,12H,2-3,7-8,10-11,16H2,1H3,(H,17,19). The Morgan fingerprint density at radius 2 is 2.16 bits per heavy atom. The van der Waals surface area contributed by atoms with Crippen molar-refractivity contribution in [3.05, 3.63) is 29.8 Å². The quantitative estimate of drug-likeness (QED) is 0.788. The number of nitrogens with zero attached hydrogens (tertiary/aromatic N) is 1. The van der Waals surface area contributed by atoms with Gasteiger partial charge in [-0.1, -0.05) is 12.1 Å². The van der Waals surface area contributed by atoms with Crippen molar-refractivity contribution in [3.63, 3.8) is 0 Å². The lowest BCUT2D eigenvalue weighted by molar-refractivity contribution is -0.121. The van der Waals surface area contributed by atoms with E-state index in [-0.39, 0.29) is 11.9 Å². The van der Waals surface area contributed by atoms with Gasteiger partial charge in [-0.05, 0) is 50.6 Å². The molecule has 19 heavy (non-hydrogen) atoms. The fourth-order valence-electron chi connectivity index (χ4n) is 2.61. The summed E-state index contributed by atoms with van der Waals surface area (Å²) in [4.78, 5) is 14.3. The molecule has 0 saturated carbocycles. The minimum Gasteiger partial charge on any atom is -0.399 e. The Kier molecular flexibility index (Phi) is 4.80. The Morgan fingerprint density at radius 3 is 2.84 bits per heavy atom. The van der Waals surface area contributed by atoms with E-state index >= 15 is 0 Å². The van der Waals surface area contributed by atoms with Crippen molar-refractivity contribution in [2.24, 2.45) is 0 Å². The van der Waals surface area contributed by atoms with E-state index in [1.165, 1.54) is 12.8 Å². The molecule has 1 amide bonds. The zero-order chi connectivity index (χ0) is 13.7. The van der Waals surface area contributed by atoms with E-state index in [0.717, 1.165) is 25.2 Å². The molecule has 1 unspecified atom stereocenters. The molecule has 0 bridgehead atoms. The molecule has 1 atom stereocenters. The highest BCUT2D eigenvalue weighted by Gasteiger charge is 2.15. The van der Waals surface area contributed by atoms with E-state index in [1.54, 1.807) is 0 Å². The molecule has 4 heteroatoms. The average molecular weight is 261 g/mol. The first-order valence-electron chi connectivity index (χ1n) is 6.99. The molecule has 1 aliphatic heterocycles. The molecule has 1 aromatic rings. The number of anilines is 1. The predicted octanol–water partition coefficient (Wildman–Crippen LogP) is 1.41. The van der Waals surface area contributed by atoms with Crippen LogP contribution in [0.5, 0.6) is 0 Å². The Hall–Kier alpha value is -1.55. The Morgan fingerprint density at radius 1 is 1.42 bits per heavy atom. The van der Waals surface area contributed by atoms with Gasteiger partial charge in [0.15, 0.2) is 0 Å². The largest absolute Gasteiger partial charge is 0.399 e. The zero-order valence-corrected chi connectivity index (χ0v) is 11.6. The number of benzene rings is 1. The lowest BCUT2D eigenvalue weighted by Gasteiger charge is -2.21. The van der Waals surface area contributed by atoms with Crippen molar-refractivity contribution in [1.29, 1.82) is 0 Å². The Labute approximate surface area is 115 Å². The third-order valence-electron chi connectivity index (χ3n) is 3.45. The molecular formula is C15H23N3O. The normalized spacial score (nSPS) is 17.3. The number of nitrogens with two attached hydrogens (primary N) is 1. The number of amides is 1. The summed E-state index contributed by atoms with van der Waals surface area (Å²) in [6.07, 6.45) is 2.96. The minimum absolute atomic E-state index is 0.0669. The summed E-state index contributed by atoms with van der Waals surface area (Å²) in [5.74, 6) is 0.0669. The second-order valence-electron chi connectivity index (χ2n) is 5.40.